The molecule has 1 heterocycles. The van der Waals surface area contributed by atoms with Crippen LogP contribution in [0.15, 0.2) is 39.4 Å². The Bertz CT molecular complexity index is 534. The maximum Gasteiger partial charge on any atom is 0.124 e. The topological polar surface area (TPSA) is 22.4 Å². The fourth-order valence-corrected chi connectivity index (χ4v) is 3.00. The summed E-state index contributed by atoms with van der Waals surface area (Å²) in [5, 5.41) is 0. The molecule has 0 fully saturated rings. The van der Waals surface area contributed by atoms with E-state index in [-0.39, 0.29) is 4.83 Å². The van der Waals surface area contributed by atoms with E-state index in [9.17, 15) is 0 Å². The van der Waals surface area contributed by atoms with Crippen molar-refractivity contribution >= 4 is 31.9 Å². The third kappa shape index (κ3) is 2.81. The van der Waals surface area contributed by atoms with Crippen molar-refractivity contribution in [1.29, 1.82) is 0 Å². The van der Waals surface area contributed by atoms with E-state index in [0.717, 1.165) is 27.1 Å². The third-order valence-electron chi connectivity index (χ3n) is 2.68. The molecule has 0 amide bonds. The molecule has 2 aromatic rings. The van der Waals surface area contributed by atoms with Gasteiger partial charge in [-0.2, -0.15) is 0 Å². The first-order chi connectivity index (χ1) is 8.63. The highest BCUT2D eigenvalue weighted by molar-refractivity contribution is 9.10. The van der Waals surface area contributed by atoms with Gasteiger partial charge in [0.2, 0.25) is 0 Å². The highest BCUT2D eigenvalue weighted by Gasteiger charge is 2.20. The summed E-state index contributed by atoms with van der Waals surface area (Å²) in [6.45, 7) is 4.66. The van der Waals surface area contributed by atoms with Crippen molar-refractivity contribution in [3.8, 4) is 5.75 Å². The predicted octanol–water partition coefficient (Wildman–Crippen LogP) is 5.23. The molecule has 2 nitrogen and oxygen atoms in total. The second-order valence-electron chi connectivity index (χ2n) is 3.95. The fraction of sp³-hybridized carbons (Fsp3) is 0.286. The summed E-state index contributed by atoms with van der Waals surface area (Å²) >= 11 is 7.18. The molecule has 1 atom stereocenters. The number of aryl methyl sites for hydroxylation is 1. The van der Waals surface area contributed by atoms with Crippen LogP contribution < -0.4 is 4.74 Å². The maximum absolute atomic E-state index is 5.66. The number of rotatable bonds is 4. The number of alkyl halides is 1. The molecule has 2 rings (SSSR count). The first-order valence-electron chi connectivity index (χ1n) is 5.73. The molecule has 1 aromatic carbocycles. The molecular formula is C14H14Br2O2. The van der Waals surface area contributed by atoms with E-state index in [2.05, 4.69) is 31.9 Å². The van der Waals surface area contributed by atoms with E-state index in [1.54, 1.807) is 6.26 Å². The normalized spacial score (nSPS) is 12.4. The molecule has 0 saturated carbocycles. The van der Waals surface area contributed by atoms with Gasteiger partial charge in [-0.1, -0.05) is 31.9 Å². The van der Waals surface area contributed by atoms with Crippen LogP contribution in [0.3, 0.4) is 0 Å². The van der Waals surface area contributed by atoms with Crippen LogP contribution in [-0.2, 0) is 0 Å². The van der Waals surface area contributed by atoms with E-state index >= 15 is 0 Å². The lowest BCUT2D eigenvalue weighted by molar-refractivity contribution is 0.336. The number of hydrogen-bond acceptors (Lipinski definition) is 2. The van der Waals surface area contributed by atoms with Crippen LogP contribution in [0.2, 0.25) is 0 Å². The van der Waals surface area contributed by atoms with Gasteiger partial charge < -0.3 is 9.15 Å². The Morgan fingerprint density at radius 2 is 2.11 bits per heavy atom. The summed E-state index contributed by atoms with van der Waals surface area (Å²) in [5.74, 6) is 1.78. The predicted molar refractivity (Wildman–Crippen MR) is 79.5 cm³/mol. The minimum absolute atomic E-state index is 0.00782. The highest BCUT2D eigenvalue weighted by Crippen LogP contribution is 2.39. The van der Waals surface area contributed by atoms with Gasteiger partial charge in [0, 0.05) is 10.0 Å². The van der Waals surface area contributed by atoms with Crippen LogP contribution >= 0.6 is 31.9 Å². The Hall–Kier alpha value is -0.740. The zero-order valence-corrected chi connectivity index (χ0v) is 13.4. The maximum atomic E-state index is 5.66. The molecule has 0 aliphatic rings. The third-order valence-corrected chi connectivity index (χ3v) is 4.08. The van der Waals surface area contributed by atoms with E-state index in [1.165, 1.54) is 0 Å². The lowest BCUT2D eigenvalue weighted by atomic mass is 10.1. The molecule has 0 N–H and O–H groups in total. The van der Waals surface area contributed by atoms with Gasteiger partial charge in [0.25, 0.3) is 0 Å². The molecular weight excluding hydrogens is 360 g/mol. The molecule has 4 heteroatoms. The number of benzene rings is 1. The molecule has 96 valence electrons. The number of furan rings is 1. The van der Waals surface area contributed by atoms with Crippen LogP contribution in [0.1, 0.15) is 28.6 Å². The molecule has 0 aliphatic carbocycles. The molecule has 0 spiro atoms. The molecule has 0 saturated heterocycles. The van der Waals surface area contributed by atoms with Gasteiger partial charge in [0.05, 0.1) is 12.9 Å². The minimum atomic E-state index is -0.00782. The van der Waals surface area contributed by atoms with Gasteiger partial charge in [-0.25, -0.2) is 0 Å². The SMILES string of the molecule is CCOc1ccc(Br)cc1C(Br)c1occc1C. The van der Waals surface area contributed by atoms with Gasteiger partial charge in [0.1, 0.15) is 16.3 Å². The van der Waals surface area contributed by atoms with E-state index in [0.29, 0.717) is 6.61 Å². The van der Waals surface area contributed by atoms with Crippen molar-refractivity contribution in [3.63, 3.8) is 0 Å². The number of hydrogen-bond donors (Lipinski definition) is 0. The van der Waals surface area contributed by atoms with Gasteiger partial charge >= 0.3 is 0 Å². The standard InChI is InChI=1S/C14H14Br2O2/c1-3-17-12-5-4-10(15)8-11(12)13(16)14-9(2)6-7-18-14/h4-8,13H,3H2,1-2H3. The summed E-state index contributed by atoms with van der Waals surface area (Å²) in [4.78, 5) is -0.00782. The average molecular weight is 374 g/mol. The van der Waals surface area contributed by atoms with Crippen molar-refractivity contribution in [2.75, 3.05) is 6.61 Å². The first kappa shape index (κ1) is 13.7. The summed E-state index contributed by atoms with van der Waals surface area (Å²) < 4.78 is 12.2. The van der Waals surface area contributed by atoms with Crippen LogP contribution in [-0.4, -0.2) is 6.61 Å². The largest absolute Gasteiger partial charge is 0.494 e. The van der Waals surface area contributed by atoms with Crippen molar-refractivity contribution in [3.05, 3.63) is 51.9 Å². The van der Waals surface area contributed by atoms with Gasteiger partial charge in [0.15, 0.2) is 0 Å². The van der Waals surface area contributed by atoms with Crippen molar-refractivity contribution < 1.29 is 9.15 Å². The average Bonchev–Trinajstić information content (AvgIpc) is 2.77. The molecule has 1 unspecified atom stereocenters. The molecule has 0 bridgehead atoms. The van der Waals surface area contributed by atoms with E-state index in [1.807, 2.05) is 38.1 Å². The second-order valence-corrected chi connectivity index (χ2v) is 5.78. The van der Waals surface area contributed by atoms with Crippen molar-refractivity contribution in [2.45, 2.75) is 18.7 Å². The molecule has 0 aliphatic heterocycles. The Labute approximate surface area is 124 Å². The van der Waals surface area contributed by atoms with Crippen LogP contribution in [0.25, 0.3) is 0 Å². The van der Waals surface area contributed by atoms with Crippen molar-refractivity contribution in [2.24, 2.45) is 0 Å². The van der Waals surface area contributed by atoms with Gasteiger partial charge in [-0.05, 0) is 43.7 Å². The minimum Gasteiger partial charge on any atom is -0.494 e. The van der Waals surface area contributed by atoms with Crippen LogP contribution in [0, 0.1) is 6.92 Å². The molecule has 1 aromatic heterocycles. The monoisotopic (exact) mass is 372 g/mol. The summed E-state index contributed by atoms with van der Waals surface area (Å²) in [6.07, 6.45) is 1.71. The number of halogens is 2. The van der Waals surface area contributed by atoms with E-state index < -0.39 is 0 Å². The fourth-order valence-electron chi connectivity index (χ4n) is 1.79. The second kappa shape index (κ2) is 5.93. The zero-order valence-electron chi connectivity index (χ0n) is 10.2. The quantitative estimate of drug-likeness (QED) is 0.684. The lowest BCUT2D eigenvalue weighted by Gasteiger charge is -2.15. The molecule has 18 heavy (non-hydrogen) atoms. The smallest absolute Gasteiger partial charge is 0.124 e. The zero-order chi connectivity index (χ0) is 13.1. The van der Waals surface area contributed by atoms with Gasteiger partial charge in [-0.15, -0.1) is 0 Å². The summed E-state index contributed by atoms with van der Waals surface area (Å²) in [7, 11) is 0. The van der Waals surface area contributed by atoms with Crippen LogP contribution in [0.4, 0.5) is 0 Å². The Morgan fingerprint density at radius 1 is 1.33 bits per heavy atom. The van der Waals surface area contributed by atoms with Gasteiger partial charge in [-0.3, -0.25) is 0 Å². The molecule has 0 radical (unpaired) electrons. The van der Waals surface area contributed by atoms with Crippen LogP contribution in [0.5, 0.6) is 5.75 Å². The summed E-state index contributed by atoms with van der Waals surface area (Å²) in [5.41, 5.74) is 2.18. The lowest BCUT2D eigenvalue weighted by Crippen LogP contribution is -2.00. The highest BCUT2D eigenvalue weighted by atomic mass is 79.9. The summed E-state index contributed by atoms with van der Waals surface area (Å²) in [6, 6.07) is 7.95. The van der Waals surface area contributed by atoms with E-state index in [4.69, 9.17) is 9.15 Å². The Morgan fingerprint density at radius 3 is 2.72 bits per heavy atom. The number of ether oxygens (including phenoxy) is 1. The van der Waals surface area contributed by atoms with Crippen molar-refractivity contribution in [1.82, 2.24) is 0 Å². The Kier molecular flexibility index (Phi) is 4.51. The first-order valence-corrected chi connectivity index (χ1v) is 7.44. The Balaban J connectivity index is 2.43.